The molecule has 0 bridgehead atoms. The number of ether oxygens (including phenoxy) is 1. The lowest BCUT2D eigenvalue weighted by Gasteiger charge is -2.15. The molecule has 7 heteroatoms. The van der Waals surface area contributed by atoms with Crippen molar-refractivity contribution in [2.24, 2.45) is 0 Å². The van der Waals surface area contributed by atoms with E-state index in [9.17, 15) is 9.59 Å². The van der Waals surface area contributed by atoms with E-state index in [1.165, 1.54) is 0 Å². The van der Waals surface area contributed by atoms with Crippen LogP contribution in [-0.4, -0.2) is 35.9 Å². The fraction of sp³-hybridized carbons (Fsp3) is 0.125. The number of carbonyl (C=O) groups is 2. The predicted octanol–water partition coefficient (Wildman–Crippen LogP) is 3.36. The van der Waals surface area contributed by atoms with E-state index >= 15 is 0 Å². The quantitative estimate of drug-likeness (QED) is 0.605. The van der Waals surface area contributed by atoms with E-state index in [1.54, 1.807) is 48.3 Å². The molecule has 0 spiro atoms. The summed E-state index contributed by atoms with van der Waals surface area (Å²) in [5, 5.41) is 3.44. The predicted molar refractivity (Wildman–Crippen MR) is 118 cm³/mol. The Morgan fingerprint density at radius 3 is 2.39 bits per heavy atom. The highest BCUT2D eigenvalue weighted by Gasteiger charge is 2.47. The number of rotatable bonds is 5. The van der Waals surface area contributed by atoms with Gasteiger partial charge < -0.3 is 10.1 Å². The van der Waals surface area contributed by atoms with Crippen molar-refractivity contribution in [1.82, 2.24) is 10.7 Å². The molecule has 0 saturated carbocycles. The summed E-state index contributed by atoms with van der Waals surface area (Å²) in [6.45, 7) is 0. The maximum absolute atomic E-state index is 12.9. The van der Waals surface area contributed by atoms with Gasteiger partial charge in [0.25, 0.3) is 5.91 Å². The van der Waals surface area contributed by atoms with Gasteiger partial charge in [-0.2, -0.15) is 0 Å². The summed E-state index contributed by atoms with van der Waals surface area (Å²) in [7, 11) is 1.56. The highest BCUT2D eigenvalue weighted by atomic mass is 35.5. The summed E-state index contributed by atoms with van der Waals surface area (Å²) in [5.41, 5.74) is 4.92. The Balaban J connectivity index is 1.68. The molecule has 156 valence electrons. The third-order valence-electron chi connectivity index (χ3n) is 5.10. The number of methoxy groups -OCH3 is 1. The van der Waals surface area contributed by atoms with Crippen LogP contribution >= 0.6 is 11.6 Å². The fourth-order valence-electron chi connectivity index (χ4n) is 3.53. The Kier molecular flexibility index (Phi) is 6.00. The first-order valence-corrected chi connectivity index (χ1v) is 10.1. The first-order valence-electron chi connectivity index (χ1n) is 9.75. The Morgan fingerprint density at radius 2 is 1.71 bits per heavy atom. The number of amides is 2. The highest BCUT2D eigenvalue weighted by molar-refractivity contribution is 6.32. The van der Waals surface area contributed by atoms with Gasteiger partial charge in [-0.1, -0.05) is 54.1 Å². The molecule has 1 heterocycles. The molecule has 4 rings (SSSR count). The molecule has 2 N–H and O–H groups in total. The van der Waals surface area contributed by atoms with Crippen molar-refractivity contribution in [3.05, 3.63) is 101 Å². The van der Waals surface area contributed by atoms with Gasteiger partial charge in [0.1, 0.15) is 5.75 Å². The molecular weight excluding hydrogens is 414 g/mol. The third kappa shape index (κ3) is 4.44. The van der Waals surface area contributed by atoms with Crippen LogP contribution in [0.1, 0.15) is 27.5 Å². The van der Waals surface area contributed by atoms with E-state index < -0.39 is 12.1 Å². The van der Waals surface area contributed by atoms with Gasteiger partial charge in [-0.3, -0.25) is 9.59 Å². The minimum atomic E-state index is -0.796. The standard InChI is InChI=1S/C24H20ClN3O3/c1-31-19-13-11-17(12-14-19)23(29)26-21-22(16-7-3-2-4-8-16)28(27-24(21)30)15-18-9-5-6-10-20(18)25/h2-15,21-22H,1H3,(H-,26,27,29,30)/p+1/b28-15-/t21-,22-/m0/s1. The molecular formula is C24H21ClN3O3+. The molecule has 2 atom stereocenters. The maximum atomic E-state index is 12.9. The number of benzene rings is 3. The van der Waals surface area contributed by atoms with Crippen molar-refractivity contribution in [1.29, 1.82) is 0 Å². The zero-order chi connectivity index (χ0) is 21.8. The molecule has 6 nitrogen and oxygen atoms in total. The van der Waals surface area contributed by atoms with Crippen LogP contribution in [0.15, 0.2) is 78.9 Å². The number of nitrogens with zero attached hydrogens (tertiary/aromatic N) is 1. The minimum Gasteiger partial charge on any atom is -0.497 e. The Labute approximate surface area is 185 Å². The zero-order valence-electron chi connectivity index (χ0n) is 16.8. The number of nitrogens with one attached hydrogen (secondary N) is 2. The van der Waals surface area contributed by atoms with E-state index in [4.69, 9.17) is 16.3 Å². The van der Waals surface area contributed by atoms with Crippen molar-refractivity contribution >= 4 is 29.6 Å². The van der Waals surface area contributed by atoms with Gasteiger partial charge in [0, 0.05) is 11.1 Å². The van der Waals surface area contributed by atoms with Crippen molar-refractivity contribution in [2.45, 2.75) is 12.1 Å². The largest absolute Gasteiger partial charge is 0.497 e. The molecule has 1 saturated heterocycles. The van der Waals surface area contributed by atoms with Gasteiger partial charge in [-0.05, 0) is 36.4 Å². The molecule has 3 aromatic carbocycles. The SMILES string of the molecule is COc1ccc(C(=O)N[C@@H]2C(=O)N/[N+](=C\c3ccccc3Cl)[C@H]2c2ccccc2)cc1. The molecule has 1 fully saturated rings. The molecule has 1 aliphatic heterocycles. The second-order valence-electron chi connectivity index (χ2n) is 7.07. The molecule has 0 unspecified atom stereocenters. The van der Waals surface area contributed by atoms with E-state index in [2.05, 4.69) is 10.7 Å². The first kappa shape index (κ1) is 20.6. The van der Waals surface area contributed by atoms with E-state index in [0.29, 0.717) is 16.3 Å². The summed E-state index contributed by atoms with van der Waals surface area (Å²) in [4.78, 5) is 25.7. The van der Waals surface area contributed by atoms with Crippen LogP contribution in [0.25, 0.3) is 0 Å². The summed E-state index contributed by atoms with van der Waals surface area (Å²) >= 11 is 6.31. The maximum Gasteiger partial charge on any atom is 0.304 e. The monoisotopic (exact) mass is 434 g/mol. The van der Waals surface area contributed by atoms with Gasteiger partial charge in [-0.25, -0.2) is 0 Å². The topological polar surface area (TPSA) is 70.4 Å². The van der Waals surface area contributed by atoms with Gasteiger partial charge >= 0.3 is 5.91 Å². The number of carbonyl (C=O) groups excluding carboxylic acids is 2. The van der Waals surface area contributed by atoms with Crippen LogP contribution in [0.4, 0.5) is 0 Å². The average Bonchev–Trinajstić information content (AvgIpc) is 3.10. The Bertz CT molecular complexity index is 1130. The third-order valence-corrected chi connectivity index (χ3v) is 5.44. The summed E-state index contributed by atoms with van der Waals surface area (Å²) in [6.07, 6.45) is 1.78. The second kappa shape index (κ2) is 9.02. The summed E-state index contributed by atoms with van der Waals surface area (Å²) < 4.78 is 6.83. The lowest BCUT2D eigenvalue weighted by molar-refractivity contribution is -0.596. The second-order valence-corrected chi connectivity index (χ2v) is 7.48. The smallest absolute Gasteiger partial charge is 0.304 e. The van der Waals surface area contributed by atoms with Gasteiger partial charge in [-0.15, -0.1) is 10.1 Å². The van der Waals surface area contributed by atoms with Crippen molar-refractivity contribution in [3.63, 3.8) is 0 Å². The van der Waals surface area contributed by atoms with Crippen LogP contribution in [0.5, 0.6) is 5.75 Å². The number of hydrogen-bond donors (Lipinski definition) is 2. The molecule has 3 aromatic rings. The number of hydrazone groups is 1. The Hall–Kier alpha value is -3.64. The lowest BCUT2D eigenvalue weighted by Crippen LogP contribution is -2.42. The van der Waals surface area contributed by atoms with Crippen LogP contribution < -0.4 is 15.5 Å². The average molecular weight is 435 g/mol. The van der Waals surface area contributed by atoms with Crippen LogP contribution in [0.2, 0.25) is 5.02 Å². The molecule has 1 aliphatic rings. The normalized spacial score (nSPS) is 19.2. The fourth-order valence-corrected chi connectivity index (χ4v) is 3.71. The van der Waals surface area contributed by atoms with Crippen molar-refractivity contribution in [3.8, 4) is 5.75 Å². The molecule has 0 radical (unpaired) electrons. The van der Waals surface area contributed by atoms with Crippen molar-refractivity contribution < 1.29 is 19.0 Å². The van der Waals surface area contributed by atoms with Crippen LogP contribution in [0, 0.1) is 0 Å². The number of hydrazine groups is 1. The first-order chi connectivity index (χ1) is 15.1. The molecule has 2 amide bonds. The molecule has 31 heavy (non-hydrogen) atoms. The highest BCUT2D eigenvalue weighted by Crippen LogP contribution is 2.26. The minimum absolute atomic E-state index is 0.306. The summed E-state index contributed by atoms with van der Waals surface area (Å²) in [5.74, 6) is 0.000169. The van der Waals surface area contributed by atoms with Crippen LogP contribution in [0.3, 0.4) is 0 Å². The van der Waals surface area contributed by atoms with Crippen molar-refractivity contribution in [2.75, 3.05) is 7.11 Å². The van der Waals surface area contributed by atoms with E-state index in [-0.39, 0.29) is 11.8 Å². The Morgan fingerprint density at radius 1 is 1.03 bits per heavy atom. The summed E-state index contributed by atoms with van der Waals surface area (Å²) in [6, 6.07) is 22.4. The van der Waals surface area contributed by atoms with Gasteiger partial charge in [0.2, 0.25) is 12.3 Å². The molecule has 0 aromatic heterocycles. The zero-order valence-corrected chi connectivity index (χ0v) is 17.5. The van der Waals surface area contributed by atoms with Crippen LogP contribution in [-0.2, 0) is 4.79 Å². The number of halogens is 1. The lowest BCUT2D eigenvalue weighted by atomic mass is 10.00. The molecule has 0 aliphatic carbocycles. The van der Waals surface area contributed by atoms with Gasteiger partial charge in [0.05, 0.1) is 17.7 Å². The van der Waals surface area contributed by atoms with E-state index in [1.807, 2.05) is 48.5 Å². The van der Waals surface area contributed by atoms with E-state index in [0.717, 1.165) is 11.1 Å². The number of hydrogen-bond acceptors (Lipinski definition) is 3. The van der Waals surface area contributed by atoms with Gasteiger partial charge in [0.15, 0.2) is 6.04 Å².